The van der Waals surface area contributed by atoms with E-state index in [4.69, 9.17) is 9.47 Å². The molecule has 120 valence electrons. The zero-order valence-corrected chi connectivity index (χ0v) is 13.8. The molecule has 1 unspecified atom stereocenters. The lowest BCUT2D eigenvalue weighted by atomic mass is 10.2. The first-order valence-corrected chi connectivity index (χ1v) is 8.23. The predicted octanol–water partition coefficient (Wildman–Crippen LogP) is 0.975. The van der Waals surface area contributed by atoms with Crippen LogP contribution in [0.5, 0.6) is 5.75 Å². The molecule has 0 saturated heterocycles. The molecule has 2 N–H and O–H groups in total. The van der Waals surface area contributed by atoms with Gasteiger partial charge in [-0.15, -0.1) is 0 Å². The van der Waals surface area contributed by atoms with Crippen molar-refractivity contribution in [2.45, 2.75) is 18.4 Å². The molecule has 7 heteroatoms. The van der Waals surface area contributed by atoms with Gasteiger partial charge >= 0.3 is 0 Å². The Balaban J connectivity index is 2.91. The van der Waals surface area contributed by atoms with Crippen LogP contribution >= 0.6 is 0 Å². The van der Waals surface area contributed by atoms with Crippen molar-refractivity contribution in [1.82, 2.24) is 10.0 Å². The zero-order valence-electron chi connectivity index (χ0n) is 13.0. The summed E-state index contributed by atoms with van der Waals surface area (Å²) in [6.07, 6.45) is 0. The van der Waals surface area contributed by atoms with E-state index in [0.29, 0.717) is 25.4 Å². The molecular weight excluding hydrogens is 292 g/mol. The van der Waals surface area contributed by atoms with Crippen LogP contribution in [0.2, 0.25) is 0 Å². The molecule has 0 radical (unpaired) electrons. The van der Waals surface area contributed by atoms with Gasteiger partial charge in [-0.1, -0.05) is 13.0 Å². The molecule has 1 atom stereocenters. The van der Waals surface area contributed by atoms with Gasteiger partial charge in [-0.2, -0.15) is 0 Å². The average Bonchev–Trinajstić information content (AvgIpc) is 2.45. The SMILES string of the molecule is CNCc1ccc(S(=O)(=O)NCC(C)COC)c(OC)c1. The molecule has 6 nitrogen and oxygen atoms in total. The van der Waals surface area contributed by atoms with Crippen LogP contribution < -0.4 is 14.8 Å². The second kappa shape index (κ2) is 8.33. The Hall–Kier alpha value is -1.15. The van der Waals surface area contributed by atoms with Gasteiger partial charge in [-0.3, -0.25) is 0 Å². The lowest BCUT2D eigenvalue weighted by Gasteiger charge is -2.14. The van der Waals surface area contributed by atoms with Crippen molar-refractivity contribution < 1.29 is 17.9 Å². The molecule has 1 aromatic carbocycles. The molecule has 0 aliphatic rings. The minimum Gasteiger partial charge on any atom is -0.495 e. The van der Waals surface area contributed by atoms with Gasteiger partial charge in [-0.25, -0.2) is 13.1 Å². The van der Waals surface area contributed by atoms with Crippen molar-refractivity contribution >= 4 is 10.0 Å². The van der Waals surface area contributed by atoms with Crippen molar-refractivity contribution in [3.05, 3.63) is 23.8 Å². The van der Waals surface area contributed by atoms with Crippen LogP contribution in [0.25, 0.3) is 0 Å². The topological polar surface area (TPSA) is 76.7 Å². The molecule has 0 aliphatic carbocycles. The van der Waals surface area contributed by atoms with Gasteiger partial charge in [0.05, 0.1) is 7.11 Å². The summed E-state index contributed by atoms with van der Waals surface area (Å²) in [7, 11) is 1.29. The second-order valence-corrected chi connectivity index (χ2v) is 6.66. The standard InChI is InChI=1S/C14H24N2O4S/c1-11(10-19-3)8-16-21(17,18)14-6-5-12(9-15-2)7-13(14)20-4/h5-7,11,15-16H,8-10H2,1-4H3. The Morgan fingerprint density at radius 3 is 2.57 bits per heavy atom. The molecule has 0 amide bonds. The zero-order chi connectivity index (χ0) is 15.9. The minimum atomic E-state index is -3.60. The number of hydrogen-bond acceptors (Lipinski definition) is 5. The molecule has 0 bridgehead atoms. The molecule has 0 fully saturated rings. The van der Waals surface area contributed by atoms with Gasteiger partial charge in [0.25, 0.3) is 0 Å². The van der Waals surface area contributed by atoms with Crippen LogP contribution in [0, 0.1) is 5.92 Å². The van der Waals surface area contributed by atoms with Gasteiger partial charge in [0.1, 0.15) is 10.6 Å². The summed E-state index contributed by atoms with van der Waals surface area (Å²) in [6, 6.07) is 5.06. The summed E-state index contributed by atoms with van der Waals surface area (Å²) in [5.41, 5.74) is 0.959. The van der Waals surface area contributed by atoms with E-state index in [0.717, 1.165) is 5.56 Å². The van der Waals surface area contributed by atoms with E-state index in [2.05, 4.69) is 10.0 Å². The fraction of sp³-hybridized carbons (Fsp3) is 0.571. The first kappa shape index (κ1) is 17.9. The Morgan fingerprint density at radius 2 is 2.00 bits per heavy atom. The number of sulfonamides is 1. The summed E-state index contributed by atoms with van der Waals surface area (Å²) in [5.74, 6) is 0.439. The van der Waals surface area contributed by atoms with E-state index >= 15 is 0 Å². The highest BCUT2D eigenvalue weighted by atomic mass is 32.2. The van der Waals surface area contributed by atoms with Gasteiger partial charge in [0, 0.05) is 26.8 Å². The van der Waals surface area contributed by atoms with Crippen molar-refractivity contribution in [2.24, 2.45) is 5.92 Å². The van der Waals surface area contributed by atoms with E-state index in [1.165, 1.54) is 7.11 Å². The van der Waals surface area contributed by atoms with E-state index in [1.54, 1.807) is 25.3 Å². The summed E-state index contributed by atoms with van der Waals surface area (Å²) in [5, 5.41) is 3.01. The lowest BCUT2D eigenvalue weighted by molar-refractivity contribution is 0.161. The van der Waals surface area contributed by atoms with Crippen molar-refractivity contribution in [3.63, 3.8) is 0 Å². The lowest BCUT2D eigenvalue weighted by Crippen LogP contribution is -2.30. The van der Waals surface area contributed by atoms with Crippen molar-refractivity contribution in [3.8, 4) is 5.75 Å². The fourth-order valence-electron chi connectivity index (χ4n) is 1.92. The quantitative estimate of drug-likeness (QED) is 0.710. The predicted molar refractivity (Wildman–Crippen MR) is 82.0 cm³/mol. The summed E-state index contributed by atoms with van der Waals surface area (Å²) < 4.78 is 37.5. The monoisotopic (exact) mass is 316 g/mol. The number of hydrogen-bond donors (Lipinski definition) is 2. The third kappa shape index (κ3) is 5.28. The van der Waals surface area contributed by atoms with E-state index in [9.17, 15) is 8.42 Å². The largest absolute Gasteiger partial charge is 0.495 e. The highest BCUT2D eigenvalue weighted by Gasteiger charge is 2.20. The van der Waals surface area contributed by atoms with Crippen molar-refractivity contribution in [1.29, 1.82) is 0 Å². The maximum absolute atomic E-state index is 12.3. The van der Waals surface area contributed by atoms with E-state index < -0.39 is 10.0 Å². The van der Waals surface area contributed by atoms with Crippen LogP contribution in [0.3, 0.4) is 0 Å². The Labute approximate surface area is 126 Å². The van der Waals surface area contributed by atoms with Crippen molar-refractivity contribution in [2.75, 3.05) is 34.4 Å². The van der Waals surface area contributed by atoms with Crippen LogP contribution in [0.4, 0.5) is 0 Å². The Kier molecular flexibility index (Phi) is 7.10. The average molecular weight is 316 g/mol. The Bertz CT molecular complexity index is 546. The van der Waals surface area contributed by atoms with Gasteiger partial charge < -0.3 is 14.8 Å². The molecule has 0 saturated carbocycles. The van der Waals surface area contributed by atoms with E-state index in [1.807, 2.05) is 14.0 Å². The number of ether oxygens (including phenoxy) is 2. The highest BCUT2D eigenvalue weighted by molar-refractivity contribution is 7.89. The Morgan fingerprint density at radius 1 is 1.29 bits per heavy atom. The number of nitrogens with one attached hydrogen (secondary N) is 2. The molecule has 0 aromatic heterocycles. The first-order chi connectivity index (χ1) is 9.94. The number of rotatable bonds is 9. The van der Waals surface area contributed by atoms with Gasteiger partial charge in [0.2, 0.25) is 10.0 Å². The normalized spacial score (nSPS) is 13.1. The summed E-state index contributed by atoms with van der Waals surface area (Å²) >= 11 is 0. The summed E-state index contributed by atoms with van der Waals surface area (Å²) in [4.78, 5) is 0.148. The molecule has 0 aliphatic heterocycles. The van der Waals surface area contributed by atoms with Gasteiger partial charge in [-0.05, 0) is 30.7 Å². The van der Waals surface area contributed by atoms with Crippen LogP contribution in [0.1, 0.15) is 12.5 Å². The molecule has 1 aromatic rings. The minimum absolute atomic E-state index is 0.0966. The maximum Gasteiger partial charge on any atom is 0.244 e. The van der Waals surface area contributed by atoms with E-state index in [-0.39, 0.29) is 10.8 Å². The molecule has 1 rings (SSSR count). The van der Waals surface area contributed by atoms with Crippen LogP contribution in [-0.2, 0) is 21.3 Å². The summed E-state index contributed by atoms with van der Waals surface area (Å²) in [6.45, 7) is 3.38. The number of methoxy groups -OCH3 is 2. The fourth-order valence-corrected chi connectivity index (χ4v) is 3.23. The van der Waals surface area contributed by atoms with Crippen LogP contribution in [0.15, 0.2) is 23.1 Å². The molecular formula is C14H24N2O4S. The maximum atomic E-state index is 12.3. The molecule has 21 heavy (non-hydrogen) atoms. The third-order valence-corrected chi connectivity index (χ3v) is 4.43. The smallest absolute Gasteiger partial charge is 0.244 e. The highest BCUT2D eigenvalue weighted by Crippen LogP contribution is 2.25. The second-order valence-electron chi connectivity index (χ2n) is 4.93. The third-order valence-electron chi connectivity index (χ3n) is 2.97. The molecule has 0 spiro atoms. The first-order valence-electron chi connectivity index (χ1n) is 6.74. The molecule has 0 heterocycles. The number of benzene rings is 1. The van der Waals surface area contributed by atoms with Crippen LogP contribution in [-0.4, -0.2) is 42.8 Å². The van der Waals surface area contributed by atoms with Gasteiger partial charge in [0.15, 0.2) is 0 Å².